The Morgan fingerprint density at radius 2 is 1.42 bits per heavy atom. The fraction of sp³-hybridized carbons (Fsp3) is 0.953. The number of fused-ring (bicyclic) bond motifs is 7. The summed E-state index contributed by atoms with van der Waals surface area (Å²) in [7, 11) is 1.78. The van der Waals surface area contributed by atoms with Crippen molar-refractivity contribution in [3.63, 3.8) is 0 Å². The Kier molecular flexibility index (Phi) is 11.8. The second-order valence-electron chi connectivity index (χ2n) is 21.0. The van der Waals surface area contributed by atoms with Gasteiger partial charge in [0.25, 0.3) is 0 Å². The standard InChI is InChI=1S/C43H72O14/c1-21-29(48)34(57-36-32(51)31(50)30(49)25(18-44)55-36)33(52)37(54-21)56-28-10-11-39(4)26(40(28,5)19-45)9-12-41(6)35(39)24(53-8)15-22-23-16-38(2,3)13-14-43(23,20-46)27(47)17-42(22,41)7/h15,21,23-37,44-52H,9-14,16-20H2,1-8H3/t21-,23?,24-,25-,26?,27+,28?,29+,30-,31+,32-,33-,34+,35?,36+,37+,39+,40+,41-,42-,43-/m1/s1. The van der Waals surface area contributed by atoms with E-state index >= 15 is 0 Å². The molecule has 2 saturated heterocycles. The molecule has 9 N–H and O–H groups in total. The normalized spacial score (nSPS) is 56.1. The third-order valence-corrected chi connectivity index (χ3v) is 17.7. The molecular formula is C43H72O14. The Hall–Kier alpha value is -0.820. The zero-order valence-electron chi connectivity index (χ0n) is 35.2. The molecule has 7 rings (SSSR count). The number of methoxy groups -OCH3 is 1. The molecule has 57 heavy (non-hydrogen) atoms. The molecule has 4 saturated carbocycles. The van der Waals surface area contributed by atoms with Crippen molar-refractivity contribution in [2.45, 2.75) is 180 Å². The number of aliphatic hydroxyl groups is 9. The topological polar surface area (TPSA) is 228 Å². The van der Waals surface area contributed by atoms with Crippen LogP contribution < -0.4 is 0 Å². The van der Waals surface area contributed by atoms with E-state index in [0.29, 0.717) is 12.8 Å². The molecule has 21 atom stereocenters. The summed E-state index contributed by atoms with van der Waals surface area (Å²) in [6.45, 7) is 14.4. The number of aliphatic hydroxyl groups excluding tert-OH is 9. The van der Waals surface area contributed by atoms with Gasteiger partial charge in [-0.25, -0.2) is 0 Å². The minimum atomic E-state index is -1.74. The van der Waals surface area contributed by atoms with Crippen LogP contribution in [0.5, 0.6) is 0 Å². The highest BCUT2D eigenvalue weighted by Gasteiger charge is 2.72. The average molecular weight is 813 g/mol. The fourth-order valence-electron chi connectivity index (χ4n) is 14.0. The van der Waals surface area contributed by atoms with Crippen LogP contribution in [0.25, 0.3) is 0 Å². The lowest BCUT2D eigenvalue weighted by molar-refractivity contribution is -0.368. The van der Waals surface area contributed by atoms with Crippen LogP contribution >= 0.6 is 0 Å². The third-order valence-electron chi connectivity index (χ3n) is 17.7. The van der Waals surface area contributed by atoms with Gasteiger partial charge in [-0.2, -0.15) is 0 Å². The first-order valence-electron chi connectivity index (χ1n) is 21.4. The molecule has 0 amide bonds. The van der Waals surface area contributed by atoms with E-state index in [-0.39, 0.29) is 58.7 Å². The zero-order chi connectivity index (χ0) is 41.8. The molecule has 328 valence electrons. The van der Waals surface area contributed by atoms with E-state index in [1.807, 2.05) is 6.92 Å². The van der Waals surface area contributed by atoms with Gasteiger partial charge >= 0.3 is 0 Å². The van der Waals surface area contributed by atoms with Crippen molar-refractivity contribution in [3.8, 4) is 0 Å². The number of hydrogen-bond donors (Lipinski definition) is 9. The number of hydrogen-bond acceptors (Lipinski definition) is 14. The number of ether oxygens (including phenoxy) is 5. The molecule has 0 aromatic heterocycles. The monoisotopic (exact) mass is 812 g/mol. The minimum absolute atomic E-state index is 0.0303. The highest BCUT2D eigenvalue weighted by Crippen LogP contribution is 2.76. The van der Waals surface area contributed by atoms with Gasteiger partial charge in [-0.15, -0.1) is 0 Å². The van der Waals surface area contributed by atoms with Gasteiger partial charge in [-0.1, -0.05) is 53.2 Å². The molecule has 0 aromatic rings. The summed E-state index contributed by atoms with van der Waals surface area (Å²) in [5, 5.41) is 98.1. The quantitative estimate of drug-likeness (QED) is 0.125. The van der Waals surface area contributed by atoms with Crippen LogP contribution in [0.4, 0.5) is 0 Å². The van der Waals surface area contributed by atoms with E-state index in [4.69, 9.17) is 23.7 Å². The van der Waals surface area contributed by atoms with E-state index in [0.717, 1.165) is 38.5 Å². The summed E-state index contributed by atoms with van der Waals surface area (Å²) in [4.78, 5) is 0. The predicted molar refractivity (Wildman–Crippen MR) is 205 cm³/mol. The maximum absolute atomic E-state index is 12.1. The first kappa shape index (κ1) is 44.2. The minimum Gasteiger partial charge on any atom is -0.396 e. The average Bonchev–Trinajstić information content (AvgIpc) is 3.16. The highest BCUT2D eigenvalue weighted by molar-refractivity contribution is 5.37. The van der Waals surface area contributed by atoms with Gasteiger partial charge in [-0.05, 0) is 91.8 Å². The summed E-state index contributed by atoms with van der Waals surface area (Å²) in [6.07, 6.45) is -7.49. The van der Waals surface area contributed by atoms with Gasteiger partial charge in [0.15, 0.2) is 12.6 Å². The Morgan fingerprint density at radius 3 is 2.05 bits per heavy atom. The van der Waals surface area contributed by atoms with Gasteiger partial charge in [0.05, 0.1) is 44.2 Å². The molecule has 2 aliphatic heterocycles. The van der Waals surface area contributed by atoms with Crippen LogP contribution in [0.1, 0.15) is 99.8 Å². The molecule has 4 unspecified atom stereocenters. The molecule has 0 radical (unpaired) electrons. The lowest BCUT2D eigenvalue weighted by Gasteiger charge is -2.73. The Balaban J connectivity index is 1.17. The summed E-state index contributed by atoms with van der Waals surface area (Å²) in [5.41, 5.74) is -0.934. The van der Waals surface area contributed by atoms with E-state index in [2.05, 4.69) is 40.7 Å². The lowest BCUT2D eigenvalue weighted by Crippen LogP contribution is -2.70. The Morgan fingerprint density at radius 1 is 0.737 bits per heavy atom. The number of rotatable bonds is 8. The molecule has 14 heteroatoms. The van der Waals surface area contributed by atoms with Crippen LogP contribution in [0.2, 0.25) is 0 Å². The molecular weight excluding hydrogens is 740 g/mol. The summed E-state index contributed by atoms with van der Waals surface area (Å²) in [5.74, 6) is 0.0264. The van der Waals surface area contributed by atoms with Gasteiger partial charge in [0, 0.05) is 23.9 Å². The van der Waals surface area contributed by atoms with Gasteiger partial charge in [-0.3, -0.25) is 0 Å². The van der Waals surface area contributed by atoms with E-state index in [1.165, 1.54) is 5.57 Å². The molecule has 2 heterocycles. The smallest absolute Gasteiger partial charge is 0.187 e. The van der Waals surface area contributed by atoms with E-state index in [9.17, 15) is 46.0 Å². The molecule has 0 spiro atoms. The zero-order valence-corrected chi connectivity index (χ0v) is 35.2. The molecule has 14 nitrogen and oxygen atoms in total. The van der Waals surface area contributed by atoms with Crippen LogP contribution in [-0.2, 0) is 23.7 Å². The van der Waals surface area contributed by atoms with Crippen molar-refractivity contribution in [2.75, 3.05) is 26.9 Å². The first-order valence-corrected chi connectivity index (χ1v) is 21.4. The van der Waals surface area contributed by atoms with Crippen molar-refractivity contribution < 1.29 is 69.6 Å². The van der Waals surface area contributed by atoms with Crippen molar-refractivity contribution in [2.24, 2.45) is 50.2 Å². The number of allylic oxidation sites excluding steroid dienone is 1. The summed E-state index contributed by atoms with van der Waals surface area (Å²) < 4.78 is 30.6. The lowest BCUT2D eigenvalue weighted by atomic mass is 9.32. The molecule has 5 aliphatic carbocycles. The SMILES string of the molecule is CO[C@@H]1C=C2C3CC(C)(C)CC[C@]3(CO)[C@@H](O)C[C@@]2(C)[C@]2(C)CCC3[C@](C)(CCC(O[C@@H]4O[C@H](C)[C@H](O)[C@H](O[C@@H]5O[C@H](CO)[C@@H](O)[C@H](O)[C@H]5O)[C@H]4O)[C@@]3(C)CO)C12. The maximum atomic E-state index is 12.1. The Bertz CT molecular complexity index is 1490. The summed E-state index contributed by atoms with van der Waals surface area (Å²) in [6, 6.07) is 0. The van der Waals surface area contributed by atoms with Crippen LogP contribution in [0.3, 0.4) is 0 Å². The third kappa shape index (κ3) is 6.48. The first-order chi connectivity index (χ1) is 26.6. The largest absolute Gasteiger partial charge is 0.396 e. The van der Waals surface area contributed by atoms with Crippen molar-refractivity contribution in [1.82, 2.24) is 0 Å². The van der Waals surface area contributed by atoms with Gasteiger partial charge < -0.3 is 69.6 Å². The van der Waals surface area contributed by atoms with Crippen molar-refractivity contribution in [1.29, 1.82) is 0 Å². The van der Waals surface area contributed by atoms with E-state index < -0.39 is 91.1 Å². The predicted octanol–water partition coefficient (Wildman–Crippen LogP) is 1.39. The molecule has 6 fully saturated rings. The second-order valence-corrected chi connectivity index (χ2v) is 21.0. The van der Waals surface area contributed by atoms with Crippen LogP contribution in [-0.4, -0.2) is 153 Å². The van der Waals surface area contributed by atoms with Crippen LogP contribution in [0.15, 0.2) is 11.6 Å². The fourth-order valence-corrected chi connectivity index (χ4v) is 14.0. The Labute approximate surface area is 337 Å². The van der Waals surface area contributed by atoms with E-state index in [1.54, 1.807) is 14.0 Å². The summed E-state index contributed by atoms with van der Waals surface area (Å²) >= 11 is 0. The van der Waals surface area contributed by atoms with Gasteiger partial charge in [0.2, 0.25) is 0 Å². The van der Waals surface area contributed by atoms with Crippen molar-refractivity contribution >= 4 is 0 Å². The molecule has 0 bridgehead atoms. The highest BCUT2D eigenvalue weighted by atomic mass is 16.7. The molecule has 7 aliphatic rings. The van der Waals surface area contributed by atoms with Crippen molar-refractivity contribution in [3.05, 3.63) is 11.6 Å². The van der Waals surface area contributed by atoms with Crippen LogP contribution in [0, 0.1) is 50.2 Å². The van der Waals surface area contributed by atoms with Gasteiger partial charge in [0.1, 0.15) is 42.7 Å². The molecule has 0 aromatic carbocycles. The maximum Gasteiger partial charge on any atom is 0.187 e. The second kappa shape index (κ2) is 15.2.